The second kappa shape index (κ2) is 8.79. The number of carbonyl (C=O) groups is 1. The van der Waals surface area contributed by atoms with Crippen molar-refractivity contribution in [3.8, 4) is 0 Å². The highest BCUT2D eigenvalue weighted by Gasteiger charge is 2.42. The number of hydrogen-bond acceptors (Lipinski definition) is 4. The van der Waals surface area contributed by atoms with Gasteiger partial charge in [0.15, 0.2) is 0 Å². The van der Waals surface area contributed by atoms with Crippen LogP contribution >= 0.6 is 0 Å². The normalized spacial score (nSPS) is 23.5. The number of hydrogen-bond donors (Lipinski definition) is 3. The van der Waals surface area contributed by atoms with Crippen LogP contribution in [-0.4, -0.2) is 61.8 Å². The summed E-state index contributed by atoms with van der Waals surface area (Å²) >= 11 is 0. The van der Waals surface area contributed by atoms with Crippen LogP contribution in [0.5, 0.6) is 0 Å². The fraction of sp³-hybridized carbons (Fsp3) is 0.650. The van der Waals surface area contributed by atoms with Crippen LogP contribution in [0, 0.1) is 11.3 Å². The summed E-state index contributed by atoms with van der Waals surface area (Å²) in [5.41, 5.74) is 1.53. The number of piperidine rings is 2. The molecular formula is C20H31N3O2. The van der Waals surface area contributed by atoms with Gasteiger partial charge >= 0.3 is 0 Å². The van der Waals surface area contributed by atoms with E-state index in [4.69, 9.17) is 0 Å². The van der Waals surface area contributed by atoms with Gasteiger partial charge in [0, 0.05) is 25.6 Å². The Morgan fingerprint density at radius 1 is 1.24 bits per heavy atom. The maximum Gasteiger partial charge on any atom is 0.234 e. The van der Waals surface area contributed by atoms with Crippen molar-refractivity contribution in [2.75, 3.05) is 45.9 Å². The highest BCUT2D eigenvalue weighted by atomic mass is 16.3. The summed E-state index contributed by atoms with van der Waals surface area (Å²) in [5.74, 6) is 0.485. The molecule has 5 nitrogen and oxygen atoms in total. The molecule has 0 aromatic heterocycles. The standard InChI is InChI=1S/C20H31N3O2/c24-16-18-14-21-11-7-20(18)8-12-23(13-9-20)15-19(25)22-10-6-17-4-2-1-3-5-17/h1-5,18,21,24H,6-16H2,(H,22,25)/t18-/m1/s1. The highest BCUT2D eigenvalue weighted by Crippen LogP contribution is 2.43. The molecule has 0 radical (unpaired) electrons. The van der Waals surface area contributed by atoms with Crippen LogP contribution in [0.2, 0.25) is 0 Å². The summed E-state index contributed by atoms with van der Waals surface area (Å²) in [6, 6.07) is 10.2. The van der Waals surface area contributed by atoms with Gasteiger partial charge in [0.1, 0.15) is 0 Å². The topological polar surface area (TPSA) is 64.6 Å². The fourth-order valence-electron chi connectivity index (χ4n) is 4.36. The number of amides is 1. The first-order chi connectivity index (χ1) is 12.2. The molecule has 138 valence electrons. The summed E-state index contributed by atoms with van der Waals surface area (Å²) in [7, 11) is 0. The minimum absolute atomic E-state index is 0.121. The summed E-state index contributed by atoms with van der Waals surface area (Å²) < 4.78 is 0. The number of rotatable bonds is 6. The summed E-state index contributed by atoms with van der Waals surface area (Å²) in [5, 5.41) is 16.1. The van der Waals surface area contributed by atoms with Crippen molar-refractivity contribution < 1.29 is 9.90 Å². The Kier molecular flexibility index (Phi) is 6.45. The molecular weight excluding hydrogens is 314 g/mol. The van der Waals surface area contributed by atoms with E-state index in [1.54, 1.807) is 0 Å². The molecule has 2 heterocycles. The molecule has 1 atom stereocenters. The Morgan fingerprint density at radius 3 is 2.72 bits per heavy atom. The van der Waals surface area contributed by atoms with Gasteiger partial charge in [-0.1, -0.05) is 30.3 Å². The summed E-state index contributed by atoms with van der Waals surface area (Å²) in [4.78, 5) is 14.5. The average molecular weight is 345 g/mol. The van der Waals surface area contributed by atoms with Crippen molar-refractivity contribution in [1.29, 1.82) is 0 Å². The molecule has 25 heavy (non-hydrogen) atoms. The summed E-state index contributed by atoms with van der Waals surface area (Å²) in [6.45, 7) is 5.36. The first-order valence-corrected chi connectivity index (χ1v) is 9.56. The van der Waals surface area contributed by atoms with E-state index in [-0.39, 0.29) is 17.9 Å². The molecule has 0 bridgehead atoms. The second-order valence-corrected chi connectivity index (χ2v) is 7.56. The van der Waals surface area contributed by atoms with E-state index in [1.165, 1.54) is 5.56 Å². The first-order valence-electron chi connectivity index (χ1n) is 9.56. The molecule has 2 aliphatic heterocycles. The first kappa shape index (κ1) is 18.4. The number of aliphatic hydroxyl groups excluding tert-OH is 1. The number of benzene rings is 1. The van der Waals surface area contributed by atoms with Gasteiger partial charge in [-0.2, -0.15) is 0 Å². The monoisotopic (exact) mass is 345 g/mol. The van der Waals surface area contributed by atoms with Crippen molar-refractivity contribution in [3.63, 3.8) is 0 Å². The van der Waals surface area contributed by atoms with Crippen LogP contribution in [0.15, 0.2) is 30.3 Å². The third kappa shape index (κ3) is 4.81. The molecule has 3 rings (SSSR count). The highest BCUT2D eigenvalue weighted by molar-refractivity contribution is 5.78. The number of aliphatic hydroxyl groups is 1. The predicted octanol–water partition coefficient (Wildman–Crippen LogP) is 1.03. The number of likely N-dealkylation sites (tertiary alicyclic amines) is 1. The van der Waals surface area contributed by atoms with Crippen LogP contribution in [-0.2, 0) is 11.2 Å². The lowest BCUT2D eigenvalue weighted by molar-refractivity contribution is -0.123. The van der Waals surface area contributed by atoms with Crippen molar-refractivity contribution in [2.45, 2.75) is 25.7 Å². The van der Waals surface area contributed by atoms with E-state index in [9.17, 15) is 9.90 Å². The van der Waals surface area contributed by atoms with Crippen LogP contribution in [0.1, 0.15) is 24.8 Å². The number of carbonyl (C=O) groups excluding carboxylic acids is 1. The quantitative estimate of drug-likeness (QED) is 0.721. The van der Waals surface area contributed by atoms with Gasteiger partial charge in [0.25, 0.3) is 0 Å². The Labute approximate surface area is 150 Å². The maximum atomic E-state index is 12.2. The van der Waals surface area contributed by atoms with Crippen molar-refractivity contribution in [2.24, 2.45) is 11.3 Å². The number of nitrogens with zero attached hydrogens (tertiary/aromatic N) is 1. The van der Waals surface area contributed by atoms with E-state index < -0.39 is 0 Å². The molecule has 2 fully saturated rings. The van der Waals surface area contributed by atoms with Gasteiger partial charge in [0.2, 0.25) is 5.91 Å². The van der Waals surface area contributed by atoms with Crippen molar-refractivity contribution in [1.82, 2.24) is 15.5 Å². The maximum absolute atomic E-state index is 12.2. The van der Waals surface area contributed by atoms with Crippen molar-refractivity contribution in [3.05, 3.63) is 35.9 Å². The van der Waals surface area contributed by atoms with Gasteiger partial charge in [-0.05, 0) is 56.3 Å². The Balaban J connectivity index is 1.39. The zero-order chi connectivity index (χ0) is 17.5. The van der Waals surface area contributed by atoms with Gasteiger partial charge in [0.05, 0.1) is 6.54 Å². The molecule has 1 aromatic rings. The molecule has 1 aromatic carbocycles. The van der Waals surface area contributed by atoms with Gasteiger partial charge in [-0.15, -0.1) is 0 Å². The third-order valence-electron chi connectivity index (χ3n) is 6.07. The van der Waals surface area contributed by atoms with Crippen molar-refractivity contribution >= 4 is 5.91 Å². The second-order valence-electron chi connectivity index (χ2n) is 7.56. The van der Waals surface area contributed by atoms with Crippen LogP contribution < -0.4 is 10.6 Å². The lowest BCUT2D eigenvalue weighted by atomic mass is 9.65. The zero-order valence-corrected chi connectivity index (χ0v) is 15.0. The lowest BCUT2D eigenvalue weighted by Crippen LogP contribution is -2.53. The minimum Gasteiger partial charge on any atom is -0.396 e. The van der Waals surface area contributed by atoms with E-state index in [1.807, 2.05) is 18.2 Å². The van der Waals surface area contributed by atoms with E-state index in [2.05, 4.69) is 27.7 Å². The number of nitrogens with one attached hydrogen (secondary N) is 2. The van der Waals surface area contributed by atoms with Gasteiger partial charge in [-0.3, -0.25) is 9.69 Å². The SMILES string of the molecule is O=C(CN1CCC2(CCNC[C@@H]2CO)CC1)NCCc1ccccc1. The predicted molar refractivity (Wildman–Crippen MR) is 99.3 cm³/mol. The van der Waals surface area contributed by atoms with Crippen LogP contribution in [0.3, 0.4) is 0 Å². The molecule has 3 N–H and O–H groups in total. The molecule has 1 spiro atoms. The Bertz CT molecular complexity index is 541. The van der Waals surface area contributed by atoms with E-state index >= 15 is 0 Å². The van der Waals surface area contributed by atoms with Gasteiger partial charge < -0.3 is 15.7 Å². The minimum atomic E-state index is 0.121. The fourth-order valence-corrected chi connectivity index (χ4v) is 4.36. The van der Waals surface area contributed by atoms with E-state index in [0.717, 1.165) is 51.9 Å². The zero-order valence-electron chi connectivity index (χ0n) is 15.0. The average Bonchev–Trinajstić information content (AvgIpc) is 2.65. The van der Waals surface area contributed by atoms with Crippen LogP contribution in [0.4, 0.5) is 0 Å². The molecule has 0 saturated carbocycles. The Hall–Kier alpha value is -1.43. The van der Waals surface area contributed by atoms with Gasteiger partial charge in [-0.25, -0.2) is 0 Å². The Morgan fingerprint density at radius 2 is 2.00 bits per heavy atom. The molecule has 2 aliphatic rings. The molecule has 5 heteroatoms. The molecule has 2 saturated heterocycles. The largest absolute Gasteiger partial charge is 0.396 e. The molecule has 0 aliphatic carbocycles. The summed E-state index contributed by atoms with van der Waals surface area (Å²) in [6.07, 6.45) is 4.21. The third-order valence-corrected chi connectivity index (χ3v) is 6.07. The van der Waals surface area contributed by atoms with E-state index in [0.29, 0.717) is 19.0 Å². The molecule has 0 unspecified atom stereocenters. The van der Waals surface area contributed by atoms with Crippen LogP contribution in [0.25, 0.3) is 0 Å². The smallest absolute Gasteiger partial charge is 0.234 e. The lowest BCUT2D eigenvalue weighted by Gasteiger charge is -2.49. The molecule has 1 amide bonds.